The predicted molar refractivity (Wildman–Crippen MR) is 128 cm³/mol. The highest BCUT2D eigenvalue weighted by Gasteiger charge is 2.36. The van der Waals surface area contributed by atoms with Gasteiger partial charge in [-0.25, -0.2) is 0 Å². The van der Waals surface area contributed by atoms with E-state index in [-0.39, 0.29) is 18.2 Å². The molecular weight excluding hydrogens is 426 g/mol. The van der Waals surface area contributed by atoms with E-state index >= 15 is 0 Å². The highest BCUT2D eigenvalue weighted by atomic mass is 35.5. The van der Waals surface area contributed by atoms with Gasteiger partial charge < -0.3 is 19.9 Å². The van der Waals surface area contributed by atoms with E-state index in [0.29, 0.717) is 30.5 Å². The molecule has 0 radical (unpaired) electrons. The van der Waals surface area contributed by atoms with Crippen molar-refractivity contribution >= 4 is 51.2 Å². The molecule has 164 valence electrons. The fraction of sp³-hybridized carbons (Fsp3) is 0.280. The summed E-state index contributed by atoms with van der Waals surface area (Å²) in [4.78, 5) is 29.9. The number of amides is 2. The molecule has 2 amide bonds. The molecule has 5 rings (SSSR count). The molecule has 2 aliphatic heterocycles. The largest absolute Gasteiger partial charge is 0.378 e. The lowest BCUT2D eigenvalue weighted by atomic mass is 10.1. The molecule has 0 saturated carbocycles. The summed E-state index contributed by atoms with van der Waals surface area (Å²) in [6.07, 6.45) is 0.183. The van der Waals surface area contributed by atoms with Crippen LogP contribution in [-0.2, 0) is 14.3 Å². The van der Waals surface area contributed by atoms with Crippen LogP contribution >= 0.6 is 11.6 Å². The Morgan fingerprint density at radius 1 is 1.00 bits per heavy atom. The minimum absolute atomic E-state index is 0.0407. The van der Waals surface area contributed by atoms with Gasteiger partial charge in [0.25, 0.3) is 0 Å². The van der Waals surface area contributed by atoms with Gasteiger partial charge in [0.2, 0.25) is 11.8 Å². The molecule has 32 heavy (non-hydrogen) atoms. The minimum atomic E-state index is -0.432. The van der Waals surface area contributed by atoms with Crippen LogP contribution in [0, 0.1) is 5.92 Å². The smallest absolute Gasteiger partial charge is 0.229 e. The van der Waals surface area contributed by atoms with Crippen molar-refractivity contribution in [3.63, 3.8) is 0 Å². The number of hydrogen-bond donors (Lipinski definition) is 1. The quantitative estimate of drug-likeness (QED) is 0.644. The van der Waals surface area contributed by atoms with Gasteiger partial charge in [-0.15, -0.1) is 0 Å². The highest BCUT2D eigenvalue weighted by Crippen LogP contribution is 2.34. The third kappa shape index (κ3) is 4.04. The number of nitrogens with one attached hydrogen (secondary N) is 1. The molecule has 2 fully saturated rings. The molecular formula is C25H24ClN3O3. The van der Waals surface area contributed by atoms with Gasteiger partial charge in [-0.05, 0) is 29.7 Å². The molecule has 2 saturated heterocycles. The summed E-state index contributed by atoms with van der Waals surface area (Å²) >= 11 is 6.22. The molecule has 3 aromatic carbocycles. The molecule has 1 unspecified atom stereocenters. The number of halogens is 1. The zero-order valence-electron chi connectivity index (χ0n) is 17.6. The van der Waals surface area contributed by atoms with Crippen molar-refractivity contribution in [1.29, 1.82) is 0 Å². The maximum Gasteiger partial charge on any atom is 0.229 e. The molecule has 0 aromatic heterocycles. The van der Waals surface area contributed by atoms with Crippen molar-refractivity contribution in [2.24, 2.45) is 5.92 Å². The Balaban J connectivity index is 1.36. The Labute approximate surface area is 191 Å². The van der Waals surface area contributed by atoms with E-state index in [1.54, 1.807) is 11.0 Å². The van der Waals surface area contributed by atoms with Crippen molar-refractivity contribution in [3.8, 4) is 0 Å². The van der Waals surface area contributed by atoms with E-state index in [4.69, 9.17) is 16.3 Å². The first-order chi connectivity index (χ1) is 15.6. The number of rotatable bonds is 4. The Morgan fingerprint density at radius 3 is 2.62 bits per heavy atom. The molecule has 0 bridgehead atoms. The van der Waals surface area contributed by atoms with Gasteiger partial charge >= 0.3 is 0 Å². The zero-order chi connectivity index (χ0) is 22.1. The fourth-order valence-corrected chi connectivity index (χ4v) is 4.66. The van der Waals surface area contributed by atoms with E-state index in [1.807, 2.05) is 54.6 Å². The van der Waals surface area contributed by atoms with E-state index in [0.717, 1.165) is 35.2 Å². The Hall–Kier alpha value is -3.09. The van der Waals surface area contributed by atoms with Crippen LogP contribution < -0.4 is 15.1 Å². The van der Waals surface area contributed by atoms with Gasteiger partial charge in [-0.1, -0.05) is 48.0 Å². The van der Waals surface area contributed by atoms with Gasteiger partial charge in [0.15, 0.2) is 0 Å². The maximum atomic E-state index is 13.2. The lowest BCUT2D eigenvalue weighted by molar-refractivity contribution is -0.122. The minimum Gasteiger partial charge on any atom is -0.378 e. The Bertz CT molecular complexity index is 1170. The van der Waals surface area contributed by atoms with E-state index in [1.165, 1.54) is 0 Å². The summed E-state index contributed by atoms with van der Waals surface area (Å²) in [6, 6.07) is 19.4. The van der Waals surface area contributed by atoms with Crippen LogP contribution in [0.5, 0.6) is 0 Å². The molecule has 0 spiro atoms. The lowest BCUT2D eigenvalue weighted by Crippen LogP contribution is -2.37. The van der Waals surface area contributed by atoms with Crippen LogP contribution in [0.25, 0.3) is 10.8 Å². The number of carbonyl (C=O) groups is 2. The van der Waals surface area contributed by atoms with E-state index in [2.05, 4.69) is 10.2 Å². The van der Waals surface area contributed by atoms with Gasteiger partial charge in [0, 0.05) is 36.5 Å². The summed E-state index contributed by atoms with van der Waals surface area (Å²) in [5.74, 6) is -0.642. The van der Waals surface area contributed by atoms with Gasteiger partial charge in [0.1, 0.15) is 0 Å². The van der Waals surface area contributed by atoms with Gasteiger partial charge in [-0.3, -0.25) is 9.59 Å². The van der Waals surface area contributed by atoms with Crippen molar-refractivity contribution in [2.75, 3.05) is 48.0 Å². The zero-order valence-corrected chi connectivity index (χ0v) is 18.3. The highest BCUT2D eigenvalue weighted by molar-refractivity contribution is 6.31. The average Bonchev–Trinajstić information content (AvgIpc) is 3.21. The molecule has 1 atom stereocenters. The maximum absolute atomic E-state index is 13.2. The first-order valence-electron chi connectivity index (χ1n) is 10.8. The van der Waals surface area contributed by atoms with Crippen LogP contribution in [0.15, 0.2) is 60.7 Å². The number of anilines is 3. The number of nitrogens with zero attached hydrogens (tertiary/aromatic N) is 2. The molecule has 1 N–H and O–H groups in total. The molecule has 3 aromatic rings. The first kappa shape index (κ1) is 20.8. The fourth-order valence-electron chi connectivity index (χ4n) is 4.48. The summed E-state index contributed by atoms with van der Waals surface area (Å²) in [5, 5.41) is 5.67. The average molecular weight is 450 g/mol. The third-order valence-electron chi connectivity index (χ3n) is 6.12. The monoisotopic (exact) mass is 449 g/mol. The van der Waals surface area contributed by atoms with Crippen molar-refractivity contribution in [2.45, 2.75) is 6.42 Å². The van der Waals surface area contributed by atoms with Crippen LogP contribution in [0.2, 0.25) is 5.02 Å². The second-order valence-electron chi connectivity index (χ2n) is 8.15. The molecule has 6 nitrogen and oxygen atoms in total. The molecule has 2 aliphatic rings. The van der Waals surface area contributed by atoms with E-state index < -0.39 is 5.92 Å². The number of ether oxygens (including phenoxy) is 1. The van der Waals surface area contributed by atoms with Crippen LogP contribution in [0.3, 0.4) is 0 Å². The first-order valence-corrected chi connectivity index (χ1v) is 11.2. The number of fused-ring (bicyclic) bond motifs is 1. The second-order valence-corrected chi connectivity index (χ2v) is 8.59. The number of morpholine rings is 1. The van der Waals surface area contributed by atoms with Crippen molar-refractivity contribution < 1.29 is 14.3 Å². The van der Waals surface area contributed by atoms with Crippen LogP contribution in [-0.4, -0.2) is 44.7 Å². The summed E-state index contributed by atoms with van der Waals surface area (Å²) in [6.45, 7) is 3.15. The number of carbonyl (C=O) groups excluding carboxylic acids is 2. The topological polar surface area (TPSA) is 61.9 Å². The summed E-state index contributed by atoms with van der Waals surface area (Å²) in [7, 11) is 0. The molecule has 2 heterocycles. The standard InChI is InChI=1S/C25H24ClN3O3/c26-19-8-9-23(28-10-12-32-13-11-28)21(15-19)27-25(31)18-14-24(30)29(16-18)22-7-3-5-17-4-1-2-6-20(17)22/h1-9,15,18H,10-14,16H2,(H,27,31). The second kappa shape index (κ2) is 8.81. The van der Waals surface area contributed by atoms with Gasteiger partial charge in [-0.2, -0.15) is 0 Å². The SMILES string of the molecule is O=C(Nc1cc(Cl)ccc1N1CCOCC1)C1CC(=O)N(c2cccc3ccccc23)C1. The number of hydrogen-bond acceptors (Lipinski definition) is 4. The van der Waals surface area contributed by atoms with Gasteiger partial charge in [0.05, 0.1) is 36.2 Å². The normalized spacial score (nSPS) is 18.9. The summed E-state index contributed by atoms with van der Waals surface area (Å²) < 4.78 is 5.45. The Morgan fingerprint density at radius 2 is 1.78 bits per heavy atom. The van der Waals surface area contributed by atoms with Crippen molar-refractivity contribution in [1.82, 2.24) is 0 Å². The van der Waals surface area contributed by atoms with Crippen LogP contribution in [0.4, 0.5) is 17.1 Å². The number of benzene rings is 3. The predicted octanol–water partition coefficient (Wildman–Crippen LogP) is 4.32. The molecule has 0 aliphatic carbocycles. The third-order valence-corrected chi connectivity index (χ3v) is 6.36. The van der Waals surface area contributed by atoms with Crippen LogP contribution in [0.1, 0.15) is 6.42 Å². The lowest BCUT2D eigenvalue weighted by Gasteiger charge is -2.30. The Kier molecular flexibility index (Phi) is 5.72. The van der Waals surface area contributed by atoms with E-state index in [9.17, 15) is 9.59 Å². The molecule has 7 heteroatoms. The summed E-state index contributed by atoms with van der Waals surface area (Å²) in [5.41, 5.74) is 2.43. The van der Waals surface area contributed by atoms with Crippen molar-refractivity contribution in [3.05, 3.63) is 65.7 Å².